The molecule has 9 heteroatoms. The van der Waals surface area contributed by atoms with E-state index in [1.54, 1.807) is 6.08 Å². The van der Waals surface area contributed by atoms with Gasteiger partial charge in [0.05, 0.1) is 18.3 Å². The lowest BCUT2D eigenvalue weighted by Gasteiger charge is -2.19. The van der Waals surface area contributed by atoms with Gasteiger partial charge in [-0.3, -0.25) is 9.79 Å². The third kappa shape index (κ3) is 16.6. The number of hydrogen-bond acceptors (Lipinski definition) is 6. The van der Waals surface area contributed by atoms with E-state index in [-0.39, 0.29) is 24.2 Å². The average molecular weight is 485 g/mol. The molecule has 0 unspecified atom stereocenters. The molecule has 0 saturated heterocycles. The Labute approximate surface area is 204 Å². The number of aliphatic imine (C=N–C) groups is 1. The summed E-state index contributed by atoms with van der Waals surface area (Å²) in [7, 11) is 0. The van der Waals surface area contributed by atoms with E-state index in [2.05, 4.69) is 11.9 Å². The van der Waals surface area contributed by atoms with E-state index >= 15 is 0 Å². The van der Waals surface area contributed by atoms with Crippen LogP contribution in [0.25, 0.3) is 0 Å². The van der Waals surface area contributed by atoms with E-state index in [1.165, 1.54) is 0 Å². The third-order valence-corrected chi connectivity index (χ3v) is 5.82. The van der Waals surface area contributed by atoms with Crippen molar-refractivity contribution in [3.63, 3.8) is 0 Å². The zero-order chi connectivity index (χ0) is 25.8. The average Bonchev–Trinajstić information content (AvgIpc) is 3.04. The Hall–Kier alpha value is -1.94. The molecule has 1 aliphatic rings. The number of carboxylic acid groups (broad SMARTS) is 1. The van der Waals surface area contributed by atoms with Gasteiger partial charge < -0.3 is 37.6 Å². The summed E-state index contributed by atoms with van der Waals surface area (Å²) in [6.07, 6.45) is 14.3. The highest BCUT2D eigenvalue weighted by atomic mass is 16.4. The highest BCUT2D eigenvalue weighted by molar-refractivity contribution is 5.75. The van der Waals surface area contributed by atoms with Crippen molar-refractivity contribution in [2.45, 2.75) is 95.9 Å². The van der Waals surface area contributed by atoms with E-state index in [0.29, 0.717) is 38.8 Å². The van der Waals surface area contributed by atoms with E-state index in [4.69, 9.17) is 22.3 Å². The lowest BCUT2D eigenvalue weighted by atomic mass is 9.89. The summed E-state index contributed by atoms with van der Waals surface area (Å²) < 4.78 is 0. The van der Waals surface area contributed by atoms with Crippen LogP contribution in [0.1, 0.15) is 77.6 Å². The van der Waals surface area contributed by atoms with Gasteiger partial charge in [-0.2, -0.15) is 0 Å². The first kappa shape index (κ1) is 32.1. The van der Waals surface area contributed by atoms with E-state index in [0.717, 1.165) is 38.5 Å². The largest absolute Gasteiger partial charge is 0.481 e. The number of nitrogens with two attached hydrogens (primary N) is 3. The van der Waals surface area contributed by atoms with E-state index in [9.17, 15) is 20.1 Å². The molecule has 0 amide bonds. The van der Waals surface area contributed by atoms with Crippen molar-refractivity contribution in [3.05, 3.63) is 24.3 Å². The minimum absolute atomic E-state index is 0.0650. The predicted molar refractivity (Wildman–Crippen MR) is 137 cm³/mol. The SMILES string of the molecule is CCCCC[C@H](O)/C=C/[C@@H]1[C@@H](C/C=C\CCCC(=O)O)[C@@H](O)C[C@H]1O.NCCCCN=C(N)N. The Morgan fingerprint density at radius 3 is 2.44 bits per heavy atom. The molecule has 0 bridgehead atoms. The number of carboxylic acids is 1. The fourth-order valence-electron chi connectivity index (χ4n) is 3.87. The molecule has 0 radical (unpaired) electrons. The summed E-state index contributed by atoms with van der Waals surface area (Å²) in [5, 5.41) is 39.0. The van der Waals surface area contributed by atoms with Crippen LogP contribution in [0, 0.1) is 11.8 Å². The number of aliphatic hydroxyl groups is 3. The van der Waals surface area contributed by atoms with Crippen molar-refractivity contribution in [2.75, 3.05) is 13.1 Å². The number of aliphatic hydroxyl groups excluding tert-OH is 3. The number of hydrogen-bond donors (Lipinski definition) is 7. The summed E-state index contributed by atoms with van der Waals surface area (Å²) in [6.45, 7) is 3.53. The van der Waals surface area contributed by atoms with Crippen LogP contribution in [-0.4, -0.2) is 63.8 Å². The molecule has 1 saturated carbocycles. The Balaban J connectivity index is 0.00000102. The van der Waals surface area contributed by atoms with Gasteiger partial charge in [0.25, 0.3) is 0 Å². The molecular formula is C25H48N4O5. The third-order valence-electron chi connectivity index (χ3n) is 5.82. The monoisotopic (exact) mass is 484 g/mol. The zero-order valence-corrected chi connectivity index (χ0v) is 20.8. The molecule has 5 atom stereocenters. The van der Waals surface area contributed by atoms with Crippen molar-refractivity contribution >= 4 is 11.9 Å². The molecule has 34 heavy (non-hydrogen) atoms. The number of aliphatic carboxylic acids is 1. The highest BCUT2D eigenvalue weighted by Crippen LogP contribution is 2.36. The fraction of sp³-hybridized carbons (Fsp3) is 0.760. The number of allylic oxidation sites excluding steroid dienone is 2. The second-order valence-corrected chi connectivity index (χ2v) is 8.86. The maximum absolute atomic E-state index is 10.5. The molecule has 0 heterocycles. The first-order chi connectivity index (χ1) is 16.2. The molecule has 1 aliphatic carbocycles. The molecule has 0 aromatic carbocycles. The van der Waals surface area contributed by atoms with Crippen LogP contribution in [0.4, 0.5) is 0 Å². The van der Waals surface area contributed by atoms with Crippen molar-refractivity contribution in [2.24, 2.45) is 34.0 Å². The Bertz CT molecular complexity index is 608. The zero-order valence-electron chi connectivity index (χ0n) is 20.8. The predicted octanol–water partition coefficient (Wildman–Crippen LogP) is 2.04. The molecule has 1 fully saturated rings. The topological polar surface area (TPSA) is 188 Å². The number of rotatable bonds is 16. The molecule has 0 aromatic rings. The first-order valence-corrected chi connectivity index (χ1v) is 12.6. The molecule has 0 aromatic heterocycles. The Kier molecular flexibility index (Phi) is 19.3. The number of unbranched alkanes of at least 4 members (excludes halogenated alkanes) is 4. The lowest BCUT2D eigenvalue weighted by molar-refractivity contribution is -0.137. The minimum atomic E-state index is -0.787. The fourth-order valence-corrected chi connectivity index (χ4v) is 3.87. The normalized spacial score (nSPS) is 23.1. The number of nitrogens with zero attached hydrogens (tertiary/aromatic N) is 1. The quantitative estimate of drug-likeness (QED) is 0.0749. The maximum atomic E-state index is 10.5. The van der Waals surface area contributed by atoms with Crippen LogP contribution in [0.2, 0.25) is 0 Å². The van der Waals surface area contributed by atoms with Gasteiger partial charge in [-0.15, -0.1) is 0 Å². The maximum Gasteiger partial charge on any atom is 0.303 e. The van der Waals surface area contributed by atoms with Gasteiger partial charge in [0.2, 0.25) is 0 Å². The van der Waals surface area contributed by atoms with Crippen molar-refractivity contribution in [1.29, 1.82) is 0 Å². The Morgan fingerprint density at radius 2 is 1.82 bits per heavy atom. The van der Waals surface area contributed by atoms with E-state index < -0.39 is 24.3 Å². The van der Waals surface area contributed by atoms with Crippen LogP contribution >= 0.6 is 0 Å². The van der Waals surface area contributed by atoms with Gasteiger partial charge in [-0.05, 0) is 51.0 Å². The van der Waals surface area contributed by atoms with Gasteiger partial charge in [0.1, 0.15) is 0 Å². The van der Waals surface area contributed by atoms with Gasteiger partial charge in [0, 0.05) is 25.3 Å². The summed E-state index contributed by atoms with van der Waals surface area (Å²) >= 11 is 0. The van der Waals surface area contributed by atoms with Crippen LogP contribution < -0.4 is 17.2 Å². The molecular weight excluding hydrogens is 436 g/mol. The van der Waals surface area contributed by atoms with Gasteiger partial charge in [-0.1, -0.05) is 50.5 Å². The summed E-state index contributed by atoms with van der Waals surface area (Å²) in [5.74, 6) is -0.846. The molecule has 198 valence electrons. The smallest absolute Gasteiger partial charge is 0.303 e. The van der Waals surface area contributed by atoms with Gasteiger partial charge in [0.15, 0.2) is 5.96 Å². The summed E-state index contributed by atoms with van der Waals surface area (Å²) in [4.78, 5) is 14.2. The van der Waals surface area contributed by atoms with Crippen molar-refractivity contribution < 1.29 is 25.2 Å². The summed E-state index contributed by atoms with van der Waals surface area (Å²) in [6, 6.07) is 0. The van der Waals surface area contributed by atoms with Crippen LogP contribution in [0.3, 0.4) is 0 Å². The summed E-state index contributed by atoms with van der Waals surface area (Å²) in [5.41, 5.74) is 15.4. The highest BCUT2D eigenvalue weighted by Gasteiger charge is 2.39. The number of carbonyl (C=O) groups is 1. The van der Waals surface area contributed by atoms with Gasteiger partial charge >= 0.3 is 5.97 Å². The Morgan fingerprint density at radius 1 is 1.09 bits per heavy atom. The lowest BCUT2D eigenvalue weighted by Crippen LogP contribution is -2.23. The van der Waals surface area contributed by atoms with Crippen LogP contribution in [0.5, 0.6) is 0 Å². The molecule has 1 rings (SSSR count). The molecule has 10 N–H and O–H groups in total. The molecule has 0 aliphatic heterocycles. The van der Waals surface area contributed by atoms with Crippen molar-refractivity contribution in [3.8, 4) is 0 Å². The molecule has 0 spiro atoms. The number of guanidine groups is 1. The van der Waals surface area contributed by atoms with Crippen LogP contribution in [-0.2, 0) is 4.79 Å². The van der Waals surface area contributed by atoms with E-state index in [1.807, 2.05) is 18.2 Å². The van der Waals surface area contributed by atoms with Crippen LogP contribution in [0.15, 0.2) is 29.3 Å². The first-order valence-electron chi connectivity index (χ1n) is 12.6. The minimum Gasteiger partial charge on any atom is -0.481 e. The molecule has 9 nitrogen and oxygen atoms in total. The standard InChI is InChI=1S/C20H34O5.C5H14N4/c1-2-3-6-9-15(21)12-13-17-16(18(22)14-19(17)23)10-7-4-5-8-11-20(24)25;6-3-1-2-4-9-5(7)8/h4,7,12-13,15-19,21-23H,2-3,5-6,8-11,14H2,1H3,(H,24,25);1-4,6H2,(H4,7,8,9)/b7-4-,13-12+;/t15-,16+,17+,18-,19+;/m0./s1. The second kappa shape index (κ2) is 20.4. The second-order valence-electron chi connectivity index (χ2n) is 8.86. The van der Waals surface area contributed by atoms with Crippen molar-refractivity contribution in [1.82, 2.24) is 0 Å². The van der Waals surface area contributed by atoms with Gasteiger partial charge in [-0.25, -0.2) is 0 Å².